The third-order valence-electron chi connectivity index (χ3n) is 11.4. The first-order valence-electron chi connectivity index (χ1n) is 19.8. The van der Waals surface area contributed by atoms with Crippen LogP contribution in [0.25, 0.3) is 0 Å². The van der Waals surface area contributed by atoms with E-state index in [0.717, 1.165) is 73.3 Å². The molecule has 1 unspecified atom stereocenters. The predicted octanol–water partition coefficient (Wildman–Crippen LogP) is 12.0. The monoisotopic (exact) mass is 744 g/mol. The van der Waals surface area contributed by atoms with Crippen LogP contribution in [0, 0.1) is 18.7 Å². The summed E-state index contributed by atoms with van der Waals surface area (Å²) in [5, 5.41) is 7.88. The van der Waals surface area contributed by atoms with Crippen molar-refractivity contribution in [2.75, 3.05) is 7.05 Å². The number of allylic oxidation sites excluding steroid dienone is 4. The Morgan fingerprint density at radius 2 is 1.69 bits per heavy atom. The molecule has 0 radical (unpaired) electrons. The van der Waals surface area contributed by atoms with Gasteiger partial charge in [-0.05, 0) is 106 Å². The number of nitrogens with one attached hydrogen (secondary N) is 1. The molecule has 54 heavy (non-hydrogen) atoms. The normalized spacial score (nSPS) is 17.4. The molecule has 0 saturated heterocycles. The van der Waals surface area contributed by atoms with E-state index in [1.165, 1.54) is 51.9 Å². The Kier molecular flexibility index (Phi) is 14.8. The summed E-state index contributed by atoms with van der Waals surface area (Å²) in [5.41, 5.74) is 6.01. The van der Waals surface area contributed by atoms with Gasteiger partial charge in [0.1, 0.15) is 24.0 Å². The lowest BCUT2D eigenvalue weighted by molar-refractivity contribution is -0.0591. The molecule has 1 fully saturated rings. The molecule has 2 aromatic rings. The third-order valence-corrected chi connectivity index (χ3v) is 11.4. The van der Waals surface area contributed by atoms with Crippen LogP contribution >= 0.6 is 0 Å². The van der Waals surface area contributed by atoms with Gasteiger partial charge in [-0.2, -0.15) is 0 Å². The maximum absolute atomic E-state index is 15.8. The first kappa shape index (κ1) is 42.8. The van der Waals surface area contributed by atoms with E-state index in [1.807, 2.05) is 13.0 Å². The molecule has 8 heteroatoms. The Balaban J connectivity index is 1.51. The number of halogens is 3. The predicted molar refractivity (Wildman–Crippen MR) is 218 cm³/mol. The zero-order valence-corrected chi connectivity index (χ0v) is 34.2. The van der Waals surface area contributed by atoms with E-state index in [2.05, 4.69) is 78.9 Å². The Morgan fingerprint density at radius 3 is 2.33 bits per heavy atom. The largest absolute Gasteiger partial charge is 0.356 e. The van der Waals surface area contributed by atoms with E-state index < -0.39 is 11.8 Å². The van der Waals surface area contributed by atoms with Gasteiger partial charge in [0.15, 0.2) is 0 Å². The van der Waals surface area contributed by atoms with Gasteiger partial charge in [-0.25, -0.2) is 28.1 Å². The minimum Gasteiger partial charge on any atom is -0.356 e. The minimum atomic E-state index is -1.64. The van der Waals surface area contributed by atoms with Crippen LogP contribution in [0.15, 0.2) is 96.3 Å². The lowest BCUT2D eigenvalue weighted by atomic mass is 9.81. The maximum atomic E-state index is 15.8. The van der Waals surface area contributed by atoms with Crippen LogP contribution in [0.4, 0.5) is 13.2 Å². The molecule has 0 amide bonds. The number of nitrogens with zero attached hydrogens (tertiary/aromatic N) is 4. The molecule has 4 rings (SSSR count). The van der Waals surface area contributed by atoms with Crippen LogP contribution in [-0.4, -0.2) is 38.2 Å². The standard InChI is InChI=1S/C46H64F3N5/c1-31(2)18-14-12-13-15-19-38-21-22-39(33(4)44(38)48)29-54-37(8)43(34(5)46(53(54)11)26-16-17-27-46)36(7)52-32(3)20-23-40(45(9,10)49)24-25-41-28-42(35(6)47)51-30-50-41/h20-24,28,30-31,35,52H,3,7-8,12-19,25-27,29H2,1-2,4-6,9-11H3/b23-20-,40-24+. The van der Waals surface area contributed by atoms with Gasteiger partial charge in [0.05, 0.1) is 23.5 Å². The number of hydrogen-bond acceptors (Lipinski definition) is 5. The molecule has 2 heterocycles. The van der Waals surface area contributed by atoms with E-state index >= 15 is 8.78 Å². The van der Waals surface area contributed by atoms with Gasteiger partial charge in [0.25, 0.3) is 0 Å². The van der Waals surface area contributed by atoms with Crippen LogP contribution in [0.2, 0.25) is 0 Å². The Hall–Kier alpha value is -3.91. The average Bonchev–Trinajstić information content (AvgIpc) is 3.61. The van der Waals surface area contributed by atoms with Gasteiger partial charge < -0.3 is 10.3 Å². The van der Waals surface area contributed by atoms with Gasteiger partial charge in [-0.15, -0.1) is 0 Å². The highest BCUT2D eigenvalue weighted by Gasteiger charge is 2.47. The molecule has 2 aliphatic rings. The smallest absolute Gasteiger partial charge is 0.139 e. The molecule has 0 bridgehead atoms. The fourth-order valence-corrected chi connectivity index (χ4v) is 7.98. The fraction of sp³-hybridized carbons (Fsp3) is 0.522. The number of aromatic nitrogens is 2. The summed E-state index contributed by atoms with van der Waals surface area (Å²) >= 11 is 0. The second-order valence-corrected chi connectivity index (χ2v) is 16.3. The minimum absolute atomic E-state index is 0.0994. The Morgan fingerprint density at radius 1 is 1.02 bits per heavy atom. The molecule has 1 aromatic heterocycles. The molecule has 294 valence electrons. The van der Waals surface area contributed by atoms with Crippen LogP contribution in [0.1, 0.15) is 134 Å². The molecule has 1 saturated carbocycles. The lowest BCUT2D eigenvalue weighted by Gasteiger charge is -2.53. The van der Waals surface area contributed by atoms with Crippen molar-refractivity contribution in [2.45, 2.75) is 143 Å². The van der Waals surface area contributed by atoms with Gasteiger partial charge in [0.2, 0.25) is 0 Å². The number of likely N-dealkylation sites (N-methyl/N-ethyl adjacent to an activating group) is 1. The van der Waals surface area contributed by atoms with E-state index in [-0.39, 0.29) is 11.4 Å². The van der Waals surface area contributed by atoms with E-state index in [0.29, 0.717) is 46.9 Å². The molecular formula is C46H64F3N5. The highest BCUT2D eigenvalue weighted by Crippen LogP contribution is 2.48. The van der Waals surface area contributed by atoms with Crippen LogP contribution in [0.5, 0.6) is 0 Å². The molecule has 1 spiro atoms. The fourth-order valence-electron chi connectivity index (χ4n) is 7.98. The number of benzene rings is 1. The van der Waals surface area contributed by atoms with E-state index in [1.54, 1.807) is 24.3 Å². The summed E-state index contributed by atoms with van der Waals surface area (Å²) in [4.78, 5) is 8.21. The molecule has 1 N–H and O–H groups in total. The molecular weight excluding hydrogens is 680 g/mol. The SMILES string of the molecule is C=C(/C=C\C(=C/Cc1cc(C(C)F)ncn1)C(C)(C)F)NC(=C)C1=C(C)C2(CCCC2)N(C)N(Cc2ccc(CCCCCCC(C)C)c(F)c2C)C1=C. The van der Waals surface area contributed by atoms with Gasteiger partial charge in [0, 0.05) is 36.1 Å². The van der Waals surface area contributed by atoms with Gasteiger partial charge in [-0.3, -0.25) is 0 Å². The average molecular weight is 744 g/mol. The summed E-state index contributed by atoms with van der Waals surface area (Å²) in [7, 11) is 2.13. The number of hydrazine groups is 1. The van der Waals surface area contributed by atoms with Gasteiger partial charge in [-0.1, -0.05) is 96.4 Å². The molecule has 1 atom stereocenters. The van der Waals surface area contributed by atoms with Crippen molar-refractivity contribution in [3.8, 4) is 0 Å². The topological polar surface area (TPSA) is 44.3 Å². The maximum Gasteiger partial charge on any atom is 0.139 e. The summed E-state index contributed by atoms with van der Waals surface area (Å²) in [6.07, 6.45) is 16.4. The highest BCUT2D eigenvalue weighted by molar-refractivity contribution is 5.53. The molecule has 1 aliphatic carbocycles. The van der Waals surface area contributed by atoms with Crippen molar-refractivity contribution in [2.24, 2.45) is 5.92 Å². The number of aryl methyl sites for hydroxylation is 1. The molecule has 1 aromatic carbocycles. The lowest BCUT2D eigenvalue weighted by Crippen LogP contribution is -2.57. The van der Waals surface area contributed by atoms with Crippen LogP contribution in [-0.2, 0) is 19.4 Å². The number of unbranched alkanes of at least 4 members (excludes halogenated alkanes) is 3. The summed E-state index contributed by atoms with van der Waals surface area (Å²) in [5.74, 6) is 0.630. The summed E-state index contributed by atoms with van der Waals surface area (Å²) in [6.45, 7) is 26.7. The second kappa shape index (κ2) is 18.6. The third kappa shape index (κ3) is 10.4. The van der Waals surface area contributed by atoms with Crippen molar-refractivity contribution in [1.82, 2.24) is 25.3 Å². The van der Waals surface area contributed by atoms with Crippen molar-refractivity contribution in [1.29, 1.82) is 0 Å². The Labute approximate surface area is 323 Å². The van der Waals surface area contributed by atoms with E-state index in [9.17, 15) is 4.39 Å². The number of alkyl halides is 2. The van der Waals surface area contributed by atoms with Gasteiger partial charge >= 0.3 is 0 Å². The molecule has 5 nitrogen and oxygen atoms in total. The Bertz CT molecular complexity index is 1750. The zero-order valence-electron chi connectivity index (χ0n) is 34.2. The quantitative estimate of drug-likeness (QED) is 0.122. The summed E-state index contributed by atoms with van der Waals surface area (Å²) in [6, 6.07) is 5.66. The van der Waals surface area contributed by atoms with Crippen molar-refractivity contribution < 1.29 is 13.2 Å². The second-order valence-electron chi connectivity index (χ2n) is 16.3. The number of hydrogen-bond donors (Lipinski definition) is 1. The van der Waals surface area contributed by atoms with Crippen molar-refractivity contribution in [3.05, 3.63) is 130 Å². The van der Waals surface area contributed by atoms with Crippen molar-refractivity contribution >= 4 is 0 Å². The first-order chi connectivity index (χ1) is 25.5. The van der Waals surface area contributed by atoms with E-state index in [4.69, 9.17) is 0 Å². The zero-order chi connectivity index (χ0) is 39.8. The van der Waals surface area contributed by atoms with Crippen molar-refractivity contribution in [3.63, 3.8) is 0 Å². The first-order valence-corrected chi connectivity index (χ1v) is 19.8. The highest BCUT2D eigenvalue weighted by atomic mass is 19.1. The molecule has 1 aliphatic heterocycles. The summed E-state index contributed by atoms with van der Waals surface area (Å²) < 4.78 is 45.0. The van der Waals surface area contributed by atoms with Crippen LogP contribution < -0.4 is 5.32 Å². The number of rotatable bonds is 18. The van der Waals surface area contributed by atoms with Crippen LogP contribution in [0.3, 0.4) is 0 Å².